The molecule has 110 valence electrons. The van der Waals surface area contributed by atoms with E-state index in [2.05, 4.69) is 20.9 Å². The highest BCUT2D eigenvalue weighted by Crippen LogP contribution is 2.30. The standard InChI is InChI=1S/C16H16BrNO3/c1-2-21-14-8-5-9-18-15(14)12(16(19)20)10-11-6-3-4-7-13(11)17/h3-9,12H,2,10H2,1H3,(H,19,20). The number of hydrogen-bond acceptors (Lipinski definition) is 3. The summed E-state index contributed by atoms with van der Waals surface area (Å²) in [5.41, 5.74) is 1.39. The third-order valence-electron chi connectivity index (χ3n) is 3.11. The Bertz CT molecular complexity index is 630. The summed E-state index contributed by atoms with van der Waals surface area (Å²) >= 11 is 3.45. The first-order valence-corrected chi connectivity index (χ1v) is 7.46. The van der Waals surface area contributed by atoms with Gasteiger partial charge in [0.05, 0.1) is 12.3 Å². The first kappa shape index (κ1) is 15.5. The van der Waals surface area contributed by atoms with E-state index in [4.69, 9.17) is 4.74 Å². The molecular formula is C16H16BrNO3. The minimum atomic E-state index is -0.912. The average molecular weight is 350 g/mol. The van der Waals surface area contributed by atoms with Crippen LogP contribution in [0.15, 0.2) is 47.1 Å². The molecule has 2 rings (SSSR count). The summed E-state index contributed by atoms with van der Waals surface area (Å²) in [4.78, 5) is 15.9. The molecule has 0 fully saturated rings. The van der Waals surface area contributed by atoms with Gasteiger partial charge in [-0.1, -0.05) is 34.1 Å². The van der Waals surface area contributed by atoms with Crippen molar-refractivity contribution in [1.29, 1.82) is 0 Å². The number of nitrogens with zero attached hydrogens (tertiary/aromatic N) is 1. The highest BCUT2D eigenvalue weighted by molar-refractivity contribution is 9.10. The molecule has 1 aromatic carbocycles. The molecule has 0 amide bonds. The smallest absolute Gasteiger partial charge is 0.313 e. The van der Waals surface area contributed by atoms with Crippen molar-refractivity contribution >= 4 is 21.9 Å². The fraction of sp³-hybridized carbons (Fsp3) is 0.250. The monoisotopic (exact) mass is 349 g/mol. The summed E-state index contributed by atoms with van der Waals surface area (Å²) in [6, 6.07) is 11.1. The van der Waals surface area contributed by atoms with E-state index in [1.807, 2.05) is 31.2 Å². The maximum Gasteiger partial charge on any atom is 0.313 e. The largest absolute Gasteiger partial charge is 0.492 e. The van der Waals surface area contributed by atoms with Crippen LogP contribution >= 0.6 is 15.9 Å². The number of aliphatic carboxylic acids is 1. The lowest BCUT2D eigenvalue weighted by Crippen LogP contribution is -2.17. The summed E-state index contributed by atoms with van der Waals surface area (Å²) in [7, 11) is 0. The van der Waals surface area contributed by atoms with Crippen molar-refractivity contribution < 1.29 is 14.6 Å². The van der Waals surface area contributed by atoms with Crippen molar-refractivity contribution in [3.8, 4) is 5.75 Å². The van der Waals surface area contributed by atoms with E-state index in [0.717, 1.165) is 10.0 Å². The molecular weight excluding hydrogens is 334 g/mol. The lowest BCUT2D eigenvalue weighted by molar-refractivity contribution is -0.138. The van der Waals surface area contributed by atoms with E-state index < -0.39 is 11.9 Å². The number of hydrogen-bond donors (Lipinski definition) is 1. The molecule has 0 aliphatic carbocycles. The number of halogens is 1. The Morgan fingerprint density at radius 2 is 2.10 bits per heavy atom. The Hall–Kier alpha value is -1.88. The van der Waals surface area contributed by atoms with Gasteiger partial charge in [0.1, 0.15) is 11.7 Å². The number of pyridine rings is 1. The van der Waals surface area contributed by atoms with Crippen LogP contribution in [0.5, 0.6) is 5.75 Å². The molecule has 1 aromatic heterocycles. The summed E-state index contributed by atoms with van der Waals surface area (Å²) in [5.74, 6) is -1.13. The zero-order valence-electron chi connectivity index (χ0n) is 11.6. The molecule has 1 unspecified atom stereocenters. The Labute approximate surface area is 131 Å². The second-order valence-corrected chi connectivity index (χ2v) is 5.36. The van der Waals surface area contributed by atoms with Crippen LogP contribution in [0, 0.1) is 0 Å². The summed E-state index contributed by atoms with van der Waals surface area (Å²) in [5, 5.41) is 9.56. The molecule has 0 aliphatic rings. The SMILES string of the molecule is CCOc1cccnc1C(Cc1ccccc1Br)C(=O)O. The molecule has 0 radical (unpaired) electrons. The molecule has 4 nitrogen and oxygen atoms in total. The van der Waals surface area contributed by atoms with Crippen LogP contribution in [0.4, 0.5) is 0 Å². The summed E-state index contributed by atoms with van der Waals surface area (Å²) in [6.07, 6.45) is 1.95. The van der Waals surface area contributed by atoms with Gasteiger partial charge in [-0.2, -0.15) is 0 Å². The fourth-order valence-electron chi connectivity index (χ4n) is 2.13. The zero-order chi connectivity index (χ0) is 15.2. The van der Waals surface area contributed by atoms with E-state index in [1.165, 1.54) is 0 Å². The predicted octanol–water partition coefficient (Wildman–Crippen LogP) is 3.65. The molecule has 1 N–H and O–H groups in total. The highest BCUT2D eigenvalue weighted by Gasteiger charge is 2.26. The van der Waals surface area contributed by atoms with E-state index >= 15 is 0 Å². The minimum absolute atomic E-state index is 0.355. The van der Waals surface area contributed by atoms with Gasteiger partial charge in [0, 0.05) is 10.7 Å². The van der Waals surface area contributed by atoms with Gasteiger partial charge in [0.2, 0.25) is 0 Å². The number of rotatable bonds is 6. The van der Waals surface area contributed by atoms with Crippen LogP contribution in [-0.2, 0) is 11.2 Å². The van der Waals surface area contributed by atoms with Crippen LogP contribution in [0.2, 0.25) is 0 Å². The van der Waals surface area contributed by atoms with Gasteiger partial charge in [-0.15, -0.1) is 0 Å². The van der Waals surface area contributed by atoms with Crippen LogP contribution in [-0.4, -0.2) is 22.7 Å². The van der Waals surface area contributed by atoms with Gasteiger partial charge < -0.3 is 9.84 Å². The van der Waals surface area contributed by atoms with Crippen molar-refractivity contribution in [3.05, 3.63) is 58.3 Å². The molecule has 5 heteroatoms. The Morgan fingerprint density at radius 3 is 2.76 bits per heavy atom. The number of carbonyl (C=O) groups is 1. The molecule has 0 saturated heterocycles. The van der Waals surface area contributed by atoms with E-state index in [1.54, 1.807) is 18.3 Å². The summed E-state index contributed by atoms with van der Waals surface area (Å²) in [6.45, 7) is 2.33. The Balaban J connectivity index is 2.36. The first-order chi connectivity index (χ1) is 10.1. The number of aromatic nitrogens is 1. The number of carboxylic acids is 1. The molecule has 1 atom stereocenters. The number of carboxylic acid groups (broad SMARTS) is 1. The van der Waals surface area contributed by atoms with E-state index in [9.17, 15) is 9.90 Å². The molecule has 0 saturated carbocycles. The number of benzene rings is 1. The zero-order valence-corrected chi connectivity index (χ0v) is 13.2. The highest BCUT2D eigenvalue weighted by atomic mass is 79.9. The predicted molar refractivity (Wildman–Crippen MR) is 83.6 cm³/mol. The average Bonchev–Trinajstić information content (AvgIpc) is 2.47. The quantitative estimate of drug-likeness (QED) is 0.864. The third-order valence-corrected chi connectivity index (χ3v) is 3.88. The first-order valence-electron chi connectivity index (χ1n) is 6.67. The van der Waals surface area contributed by atoms with Gasteiger partial charge in [0.15, 0.2) is 0 Å². The fourth-order valence-corrected chi connectivity index (χ4v) is 2.57. The van der Waals surface area contributed by atoms with Crippen molar-refractivity contribution in [1.82, 2.24) is 4.98 Å². The number of ether oxygens (including phenoxy) is 1. The molecule has 0 bridgehead atoms. The summed E-state index contributed by atoms with van der Waals surface area (Å²) < 4.78 is 6.39. The molecule has 21 heavy (non-hydrogen) atoms. The Kier molecular flexibility index (Phi) is 5.33. The van der Waals surface area contributed by atoms with Crippen LogP contribution in [0.1, 0.15) is 24.1 Å². The van der Waals surface area contributed by atoms with Crippen LogP contribution in [0.3, 0.4) is 0 Å². The third kappa shape index (κ3) is 3.82. The molecule has 0 aliphatic heterocycles. The van der Waals surface area contributed by atoms with Crippen molar-refractivity contribution in [2.45, 2.75) is 19.3 Å². The maximum atomic E-state index is 11.7. The van der Waals surface area contributed by atoms with Crippen molar-refractivity contribution in [2.24, 2.45) is 0 Å². The van der Waals surface area contributed by atoms with Crippen molar-refractivity contribution in [3.63, 3.8) is 0 Å². The van der Waals surface area contributed by atoms with Gasteiger partial charge in [-0.25, -0.2) is 0 Å². The second-order valence-electron chi connectivity index (χ2n) is 4.51. The Morgan fingerprint density at radius 1 is 1.33 bits per heavy atom. The maximum absolute atomic E-state index is 11.7. The van der Waals surface area contributed by atoms with Crippen LogP contribution < -0.4 is 4.74 Å². The van der Waals surface area contributed by atoms with E-state index in [0.29, 0.717) is 24.5 Å². The van der Waals surface area contributed by atoms with Gasteiger partial charge in [-0.05, 0) is 37.1 Å². The van der Waals surface area contributed by atoms with Gasteiger partial charge >= 0.3 is 5.97 Å². The van der Waals surface area contributed by atoms with Gasteiger partial charge in [0.25, 0.3) is 0 Å². The molecule has 0 spiro atoms. The van der Waals surface area contributed by atoms with Crippen LogP contribution in [0.25, 0.3) is 0 Å². The normalized spacial score (nSPS) is 11.9. The lowest BCUT2D eigenvalue weighted by Gasteiger charge is -2.16. The molecule has 2 aromatic rings. The van der Waals surface area contributed by atoms with Crippen molar-refractivity contribution in [2.75, 3.05) is 6.61 Å². The topological polar surface area (TPSA) is 59.4 Å². The van der Waals surface area contributed by atoms with E-state index in [-0.39, 0.29) is 0 Å². The molecule has 1 heterocycles. The van der Waals surface area contributed by atoms with Gasteiger partial charge in [-0.3, -0.25) is 9.78 Å². The minimum Gasteiger partial charge on any atom is -0.492 e. The lowest BCUT2D eigenvalue weighted by atomic mass is 9.95. The second kappa shape index (κ2) is 7.22.